The second-order valence-electron chi connectivity index (χ2n) is 13.7. The summed E-state index contributed by atoms with van der Waals surface area (Å²) in [5.41, 5.74) is 1.32. The van der Waals surface area contributed by atoms with E-state index in [1.54, 1.807) is 6.92 Å². The number of nitrogens with zero attached hydrogens (tertiary/aromatic N) is 1. The molecule has 0 bridgehead atoms. The molecule has 6 fully saturated rings. The molecular formula is C29H45NO5. The SMILES string of the molecule is CC(=O)O[C@@H]1CC[C@@]2(C)[C@H](CC[C@@H]3[C@@H]2CC[C@]2(C)[C@@H]4[C@H](C[C@@H]32)O[C@@]2(OC[C@@H](C)C/C2=N/O)[C@H]4C)C1. The van der Waals surface area contributed by atoms with Gasteiger partial charge < -0.3 is 19.4 Å². The van der Waals surface area contributed by atoms with Gasteiger partial charge in [-0.3, -0.25) is 4.79 Å². The van der Waals surface area contributed by atoms with E-state index in [2.05, 4.69) is 32.9 Å². The smallest absolute Gasteiger partial charge is 0.302 e. The standard InChI is InChI=1S/C29H45NO5/c1-16-12-25(30-32)29(33-15-16)17(2)26-24(35-29)14-23-21-7-6-19-13-20(34-18(3)31)8-10-27(19,4)22(21)9-11-28(23,26)5/h16-17,19-24,26,32H,6-15H2,1-5H3/b30-25-/t16-,17-,19+,20+,21+,22-,23-,24-,26-,27-,28-,29-/m0/s1. The number of hydrogen-bond acceptors (Lipinski definition) is 6. The molecule has 6 aliphatic rings. The fraction of sp³-hybridized carbons (Fsp3) is 0.931. The zero-order valence-corrected chi connectivity index (χ0v) is 22.3. The van der Waals surface area contributed by atoms with Crippen molar-refractivity contribution >= 4 is 11.7 Å². The Morgan fingerprint density at radius 1 is 1.06 bits per heavy atom. The molecule has 2 heterocycles. The topological polar surface area (TPSA) is 77.4 Å². The van der Waals surface area contributed by atoms with Crippen molar-refractivity contribution in [3.8, 4) is 0 Å². The van der Waals surface area contributed by atoms with Crippen LogP contribution >= 0.6 is 0 Å². The minimum atomic E-state index is -0.833. The lowest BCUT2D eigenvalue weighted by Crippen LogP contribution is -2.56. The van der Waals surface area contributed by atoms with Crippen LogP contribution in [-0.4, -0.2) is 41.5 Å². The van der Waals surface area contributed by atoms with Gasteiger partial charge in [0, 0.05) is 12.8 Å². The lowest BCUT2D eigenvalue weighted by molar-refractivity contribution is -0.217. The van der Waals surface area contributed by atoms with Crippen LogP contribution in [0.2, 0.25) is 0 Å². The van der Waals surface area contributed by atoms with Crippen molar-refractivity contribution in [2.45, 2.75) is 110 Å². The van der Waals surface area contributed by atoms with Gasteiger partial charge in [-0.05, 0) is 104 Å². The van der Waals surface area contributed by atoms with E-state index in [1.165, 1.54) is 32.1 Å². The number of carbonyl (C=O) groups excluding carboxylic acids is 1. The van der Waals surface area contributed by atoms with Crippen LogP contribution in [-0.2, 0) is 19.0 Å². The Bertz CT molecular complexity index is 906. The fourth-order valence-electron chi connectivity index (χ4n) is 10.7. The van der Waals surface area contributed by atoms with Crippen LogP contribution in [0.25, 0.3) is 0 Å². The zero-order chi connectivity index (χ0) is 24.8. The quantitative estimate of drug-likeness (QED) is 0.287. The second kappa shape index (κ2) is 8.18. The summed E-state index contributed by atoms with van der Waals surface area (Å²) in [7, 11) is 0. The largest absolute Gasteiger partial charge is 0.463 e. The first-order valence-corrected chi connectivity index (χ1v) is 14.3. The highest BCUT2D eigenvalue weighted by Gasteiger charge is 2.70. The molecule has 0 radical (unpaired) electrons. The van der Waals surface area contributed by atoms with Gasteiger partial charge in [0.25, 0.3) is 0 Å². The summed E-state index contributed by atoms with van der Waals surface area (Å²) in [6, 6.07) is 0. The number of carbonyl (C=O) groups is 1. The van der Waals surface area contributed by atoms with Crippen molar-refractivity contribution in [1.29, 1.82) is 0 Å². The first kappa shape index (κ1) is 24.2. The minimum absolute atomic E-state index is 0.118. The van der Waals surface area contributed by atoms with Gasteiger partial charge in [-0.1, -0.05) is 32.9 Å². The predicted octanol–water partition coefficient (Wildman–Crippen LogP) is 5.80. The molecule has 12 atom stereocenters. The molecule has 6 rings (SSSR count). The van der Waals surface area contributed by atoms with Gasteiger partial charge in [-0.2, -0.15) is 0 Å². The second-order valence-corrected chi connectivity index (χ2v) is 13.7. The number of hydrogen-bond donors (Lipinski definition) is 1. The van der Waals surface area contributed by atoms with Gasteiger partial charge >= 0.3 is 5.97 Å². The van der Waals surface area contributed by atoms with E-state index in [0.717, 1.165) is 37.5 Å². The van der Waals surface area contributed by atoms with E-state index < -0.39 is 5.79 Å². The van der Waals surface area contributed by atoms with E-state index >= 15 is 0 Å². The molecule has 0 amide bonds. The summed E-state index contributed by atoms with van der Waals surface area (Å²) >= 11 is 0. The molecule has 2 aliphatic heterocycles. The van der Waals surface area contributed by atoms with Gasteiger partial charge in [-0.25, -0.2) is 0 Å². The lowest BCUT2D eigenvalue weighted by Gasteiger charge is -2.61. The average molecular weight is 488 g/mol. The molecule has 0 aromatic heterocycles. The van der Waals surface area contributed by atoms with Crippen LogP contribution in [0, 0.1) is 52.3 Å². The van der Waals surface area contributed by atoms with Crippen LogP contribution in [0.15, 0.2) is 5.16 Å². The highest BCUT2D eigenvalue weighted by molar-refractivity contribution is 5.92. The molecule has 6 nitrogen and oxygen atoms in total. The summed E-state index contributed by atoms with van der Waals surface area (Å²) in [5.74, 6) is 2.93. The maximum Gasteiger partial charge on any atom is 0.302 e. The summed E-state index contributed by atoms with van der Waals surface area (Å²) in [5, 5.41) is 13.6. The molecule has 35 heavy (non-hydrogen) atoms. The first-order chi connectivity index (χ1) is 16.6. The molecule has 196 valence electrons. The van der Waals surface area contributed by atoms with Crippen LogP contribution < -0.4 is 0 Å². The normalized spacial score (nSPS) is 56.3. The van der Waals surface area contributed by atoms with Crippen LogP contribution in [0.4, 0.5) is 0 Å². The minimum Gasteiger partial charge on any atom is -0.463 e. The number of fused-ring (bicyclic) bond motifs is 7. The highest BCUT2D eigenvalue weighted by atomic mass is 16.7. The summed E-state index contributed by atoms with van der Waals surface area (Å²) in [6.45, 7) is 11.8. The Morgan fingerprint density at radius 3 is 2.57 bits per heavy atom. The Labute approximate surface area is 210 Å². The monoisotopic (exact) mass is 487 g/mol. The summed E-state index contributed by atoms with van der Waals surface area (Å²) in [4.78, 5) is 11.6. The first-order valence-electron chi connectivity index (χ1n) is 14.3. The van der Waals surface area contributed by atoms with Crippen molar-refractivity contribution in [3.05, 3.63) is 0 Å². The van der Waals surface area contributed by atoms with Crippen LogP contribution in [0.1, 0.15) is 92.4 Å². The van der Waals surface area contributed by atoms with E-state index in [0.29, 0.717) is 41.4 Å². The van der Waals surface area contributed by atoms with Gasteiger partial charge in [0.1, 0.15) is 11.8 Å². The predicted molar refractivity (Wildman–Crippen MR) is 132 cm³/mol. The van der Waals surface area contributed by atoms with Gasteiger partial charge in [0.05, 0.1) is 12.7 Å². The molecule has 0 unspecified atom stereocenters. The molecular weight excluding hydrogens is 442 g/mol. The Kier molecular flexibility index (Phi) is 5.66. The number of rotatable bonds is 1. The fourth-order valence-corrected chi connectivity index (χ4v) is 10.7. The van der Waals surface area contributed by atoms with Crippen LogP contribution in [0.5, 0.6) is 0 Å². The van der Waals surface area contributed by atoms with E-state index in [1.807, 2.05) is 0 Å². The van der Waals surface area contributed by atoms with Gasteiger partial charge in [0.15, 0.2) is 0 Å². The van der Waals surface area contributed by atoms with Crippen molar-refractivity contribution in [2.24, 2.45) is 57.4 Å². The van der Waals surface area contributed by atoms with E-state index in [4.69, 9.17) is 14.2 Å². The van der Waals surface area contributed by atoms with Gasteiger partial charge in [0.2, 0.25) is 5.79 Å². The third kappa shape index (κ3) is 3.34. The molecule has 1 spiro atoms. The van der Waals surface area contributed by atoms with Gasteiger partial charge in [-0.15, -0.1) is 0 Å². The van der Waals surface area contributed by atoms with Crippen molar-refractivity contribution < 1.29 is 24.2 Å². The molecule has 0 aromatic carbocycles. The Morgan fingerprint density at radius 2 is 1.83 bits per heavy atom. The summed E-state index contributed by atoms with van der Waals surface area (Å²) in [6.07, 6.45) is 10.5. The number of esters is 1. The molecule has 2 saturated heterocycles. The van der Waals surface area contributed by atoms with Crippen molar-refractivity contribution in [3.63, 3.8) is 0 Å². The van der Waals surface area contributed by atoms with Crippen molar-refractivity contribution in [1.82, 2.24) is 0 Å². The summed E-state index contributed by atoms with van der Waals surface area (Å²) < 4.78 is 18.9. The average Bonchev–Trinajstić information content (AvgIpc) is 3.26. The molecule has 1 N–H and O–H groups in total. The zero-order valence-electron chi connectivity index (χ0n) is 22.3. The van der Waals surface area contributed by atoms with E-state index in [9.17, 15) is 10.0 Å². The van der Waals surface area contributed by atoms with Crippen LogP contribution in [0.3, 0.4) is 0 Å². The maximum atomic E-state index is 11.6. The number of ether oxygens (including phenoxy) is 3. The third-order valence-corrected chi connectivity index (χ3v) is 12.1. The molecule has 6 heteroatoms. The maximum absolute atomic E-state index is 11.6. The number of oxime groups is 1. The molecule has 0 aromatic rings. The molecule has 4 aliphatic carbocycles. The lowest BCUT2D eigenvalue weighted by atomic mass is 9.44. The Hall–Kier alpha value is -1.14. The van der Waals surface area contributed by atoms with Crippen molar-refractivity contribution in [2.75, 3.05) is 6.61 Å². The Balaban J connectivity index is 1.23. The third-order valence-electron chi connectivity index (χ3n) is 12.1. The molecule has 4 saturated carbocycles. The highest BCUT2D eigenvalue weighted by Crippen LogP contribution is 2.71. The van der Waals surface area contributed by atoms with E-state index in [-0.39, 0.29) is 29.5 Å².